The molecule has 31 heavy (non-hydrogen) atoms. The molecule has 0 saturated heterocycles. The normalized spacial score (nSPS) is 14.5. The summed E-state index contributed by atoms with van der Waals surface area (Å²) in [5.41, 5.74) is 1.03. The molecule has 0 spiro atoms. The number of carbonyl (C=O) groups excluding carboxylic acids is 2. The number of amidine groups is 1. The van der Waals surface area contributed by atoms with Crippen molar-refractivity contribution in [1.29, 1.82) is 0 Å². The van der Waals surface area contributed by atoms with Gasteiger partial charge < -0.3 is 5.32 Å². The Labute approximate surface area is 187 Å². The number of Topliss-reactive ketones (excluding diaryl/α,β-unsaturated/α-hetero) is 1. The van der Waals surface area contributed by atoms with Gasteiger partial charge in [0.1, 0.15) is 5.84 Å². The van der Waals surface area contributed by atoms with Crippen molar-refractivity contribution in [1.82, 2.24) is 4.72 Å². The zero-order valence-corrected chi connectivity index (χ0v) is 19.4. The highest BCUT2D eigenvalue weighted by Gasteiger charge is 2.18. The quantitative estimate of drug-likeness (QED) is 0.602. The molecule has 1 aliphatic rings. The summed E-state index contributed by atoms with van der Waals surface area (Å²) in [5, 5.41) is 2.68. The predicted octanol–water partition coefficient (Wildman–Crippen LogP) is 4.22. The van der Waals surface area contributed by atoms with E-state index in [-0.39, 0.29) is 29.4 Å². The molecule has 1 aliphatic heterocycles. The van der Waals surface area contributed by atoms with E-state index >= 15 is 0 Å². The zero-order valence-electron chi connectivity index (χ0n) is 17.7. The summed E-state index contributed by atoms with van der Waals surface area (Å²) in [6, 6.07) is 7.92. The maximum absolute atomic E-state index is 12.7. The SMILES string of the molecule is Cc1cc(C(=O)CCC(=O)Nc2cccc(S(=O)(=O)NC3=NCCCCC3)c2)c(C)s1. The van der Waals surface area contributed by atoms with E-state index in [4.69, 9.17) is 0 Å². The van der Waals surface area contributed by atoms with Crippen molar-refractivity contribution in [2.24, 2.45) is 4.99 Å². The van der Waals surface area contributed by atoms with Gasteiger partial charge in [-0.15, -0.1) is 11.3 Å². The van der Waals surface area contributed by atoms with Crippen LogP contribution in [-0.4, -0.2) is 32.5 Å². The van der Waals surface area contributed by atoms with Crippen LogP contribution in [0.4, 0.5) is 5.69 Å². The molecule has 166 valence electrons. The number of rotatable bonds is 7. The van der Waals surface area contributed by atoms with E-state index in [1.807, 2.05) is 19.9 Å². The molecular weight excluding hydrogens is 434 g/mol. The molecule has 0 aliphatic carbocycles. The molecule has 1 amide bonds. The maximum Gasteiger partial charge on any atom is 0.262 e. The molecule has 3 rings (SSSR count). The van der Waals surface area contributed by atoms with Crippen LogP contribution in [0.15, 0.2) is 40.2 Å². The Morgan fingerprint density at radius 1 is 1.10 bits per heavy atom. The van der Waals surface area contributed by atoms with Crippen LogP contribution in [0.25, 0.3) is 0 Å². The summed E-state index contributed by atoms with van der Waals surface area (Å²) in [4.78, 5) is 31.0. The van der Waals surface area contributed by atoms with E-state index in [0.29, 0.717) is 30.1 Å². The van der Waals surface area contributed by atoms with E-state index in [9.17, 15) is 18.0 Å². The van der Waals surface area contributed by atoms with Crippen molar-refractivity contribution in [3.63, 3.8) is 0 Å². The monoisotopic (exact) mass is 461 g/mol. The number of benzene rings is 1. The second-order valence-corrected chi connectivity index (χ2v) is 10.7. The molecule has 1 aromatic carbocycles. The number of hydrogen-bond acceptors (Lipinski definition) is 6. The van der Waals surface area contributed by atoms with Gasteiger partial charge in [-0.1, -0.05) is 12.5 Å². The first-order chi connectivity index (χ1) is 14.7. The molecule has 2 N–H and O–H groups in total. The van der Waals surface area contributed by atoms with E-state index < -0.39 is 10.0 Å². The van der Waals surface area contributed by atoms with Crippen LogP contribution in [0.2, 0.25) is 0 Å². The lowest BCUT2D eigenvalue weighted by atomic mass is 10.1. The van der Waals surface area contributed by atoms with Crippen LogP contribution in [-0.2, 0) is 14.8 Å². The summed E-state index contributed by atoms with van der Waals surface area (Å²) in [5.74, 6) is 0.0692. The molecule has 7 nitrogen and oxygen atoms in total. The van der Waals surface area contributed by atoms with Crippen molar-refractivity contribution in [3.8, 4) is 0 Å². The molecular formula is C22H27N3O4S2. The topological polar surface area (TPSA) is 105 Å². The number of thiophene rings is 1. The number of amides is 1. The number of ketones is 1. The standard InChI is InChI=1S/C22H27N3O4S2/c1-15-13-19(16(2)30-15)20(26)10-11-22(27)24-17-7-6-8-18(14-17)31(28,29)25-21-9-4-3-5-12-23-21/h6-8,13-14H,3-5,9-12H2,1-2H3,(H,23,25)(H,24,27). The molecule has 9 heteroatoms. The minimum Gasteiger partial charge on any atom is -0.326 e. The average Bonchev–Trinajstić information content (AvgIpc) is 2.90. The molecule has 0 radical (unpaired) electrons. The van der Waals surface area contributed by atoms with E-state index in [0.717, 1.165) is 29.0 Å². The fraction of sp³-hybridized carbons (Fsp3) is 0.409. The Hall–Kier alpha value is -2.52. The predicted molar refractivity (Wildman–Crippen MR) is 124 cm³/mol. The summed E-state index contributed by atoms with van der Waals surface area (Å²) in [6.45, 7) is 4.46. The van der Waals surface area contributed by atoms with Crippen LogP contribution in [0.3, 0.4) is 0 Å². The molecule has 1 aromatic heterocycles. The second kappa shape index (κ2) is 10.2. The number of nitrogens with zero attached hydrogens (tertiary/aromatic N) is 1. The van der Waals surface area contributed by atoms with Gasteiger partial charge in [0, 0.05) is 46.8 Å². The van der Waals surface area contributed by atoms with Gasteiger partial charge in [0.2, 0.25) is 5.91 Å². The minimum atomic E-state index is -3.78. The van der Waals surface area contributed by atoms with Gasteiger partial charge in [-0.2, -0.15) is 0 Å². The lowest BCUT2D eigenvalue weighted by Crippen LogP contribution is -2.30. The van der Waals surface area contributed by atoms with Crippen molar-refractivity contribution in [2.75, 3.05) is 11.9 Å². The molecule has 0 fully saturated rings. The third kappa shape index (κ3) is 6.48. The Balaban J connectivity index is 1.60. The number of hydrogen-bond donors (Lipinski definition) is 2. The number of sulfonamides is 1. The molecule has 2 aromatic rings. The maximum atomic E-state index is 12.7. The number of anilines is 1. The minimum absolute atomic E-state index is 0.0270. The average molecular weight is 462 g/mol. The van der Waals surface area contributed by atoms with E-state index in [1.54, 1.807) is 23.5 Å². The second-order valence-electron chi connectivity index (χ2n) is 7.57. The highest BCUT2D eigenvalue weighted by Crippen LogP contribution is 2.22. The van der Waals surface area contributed by atoms with Gasteiger partial charge in [-0.3, -0.25) is 19.3 Å². The molecule has 0 unspecified atom stereocenters. The summed E-state index contributed by atoms with van der Waals surface area (Å²) in [6.07, 6.45) is 3.63. The highest BCUT2D eigenvalue weighted by atomic mass is 32.2. The molecule has 0 atom stereocenters. The molecule has 0 saturated carbocycles. The first-order valence-corrected chi connectivity index (χ1v) is 12.6. The van der Waals surface area contributed by atoms with E-state index in [2.05, 4.69) is 15.0 Å². The number of aliphatic imine (C=N–C) groups is 1. The Kier molecular flexibility index (Phi) is 7.61. The highest BCUT2D eigenvalue weighted by molar-refractivity contribution is 7.90. The van der Waals surface area contributed by atoms with Crippen LogP contribution >= 0.6 is 11.3 Å². The van der Waals surface area contributed by atoms with Crippen LogP contribution in [0.5, 0.6) is 0 Å². The van der Waals surface area contributed by atoms with Crippen LogP contribution in [0, 0.1) is 13.8 Å². The van der Waals surface area contributed by atoms with Gasteiger partial charge in [0.25, 0.3) is 10.0 Å². The summed E-state index contributed by atoms with van der Waals surface area (Å²) >= 11 is 1.56. The van der Waals surface area contributed by atoms with Crippen LogP contribution < -0.4 is 10.0 Å². The lowest BCUT2D eigenvalue weighted by Gasteiger charge is -2.11. The summed E-state index contributed by atoms with van der Waals surface area (Å²) < 4.78 is 28.0. The van der Waals surface area contributed by atoms with Crippen molar-refractivity contribution < 1.29 is 18.0 Å². The van der Waals surface area contributed by atoms with Crippen molar-refractivity contribution in [2.45, 2.75) is 57.3 Å². The largest absolute Gasteiger partial charge is 0.326 e. The summed E-state index contributed by atoms with van der Waals surface area (Å²) in [7, 11) is -3.78. The third-order valence-corrected chi connectivity index (χ3v) is 7.32. The Morgan fingerprint density at radius 3 is 2.65 bits per heavy atom. The first-order valence-electron chi connectivity index (χ1n) is 10.3. The fourth-order valence-corrected chi connectivity index (χ4v) is 5.48. The lowest BCUT2D eigenvalue weighted by molar-refractivity contribution is -0.116. The molecule has 2 heterocycles. The Bertz CT molecular complexity index is 1100. The number of carbonyl (C=O) groups is 2. The zero-order chi connectivity index (χ0) is 22.4. The van der Waals surface area contributed by atoms with Gasteiger partial charge in [0.15, 0.2) is 5.78 Å². The third-order valence-electron chi connectivity index (χ3n) is 4.98. The smallest absolute Gasteiger partial charge is 0.262 e. The van der Waals surface area contributed by atoms with Crippen molar-refractivity contribution in [3.05, 3.63) is 45.6 Å². The van der Waals surface area contributed by atoms with Crippen LogP contribution in [0.1, 0.15) is 58.6 Å². The fourth-order valence-electron chi connectivity index (χ4n) is 3.41. The van der Waals surface area contributed by atoms with Crippen molar-refractivity contribution >= 4 is 44.6 Å². The number of aryl methyl sites for hydroxylation is 2. The van der Waals surface area contributed by atoms with Gasteiger partial charge in [-0.05, 0) is 51.0 Å². The van der Waals surface area contributed by atoms with Gasteiger partial charge >= 0.3 is 0 Å². The van der Waals surface area contributed by atoms with E-state index in [1.165, 1.54) is 12.1 Å². The Morgan fingerprint density at radius 2 is 1.90 bits per heavy atom. The molecule has 0 bridgehead atoms. The number of nitrogens with one attached hydrogen (secondary N) is 2. The van der Waals surface area contributed by atoms with Gasteiger partial charge in [-0.25, -0.2) is 8.42 Å². The first kappa shape index (κ1) is 23.1. The van der Waals surface area contributed by atoms with Gasteiger partial charge in [0.05, 0.1) is 4.90 Å².